The fourth-order valence-corrected chi connectivity index (χ4v) is 4.96. The molecule has 0 unspecified atom stereocenters. The Labute approximate surface area is 176 Å². The molecular formula is C18H18ClF3N2O3S2. The maximum absolute atomic E-state index is 14.2. The lowest BCUT2D eigenvalue weighted by Crippen LogP contribution is -2.31. The van der Waals surface area contributed by atoms with Gasteiger partial charge < -0.3 is 5.32 Å². The molecule has 0 fully saturated rings. The van der Waals surface area contributed by atoms with Crippen LogP contribution in [0.25, 0.3) is 0 Å². The minimum atomic E-state index is -3.92. The van der Waals surface area contributed by atoms with Gasteiger partial charge in [-0.05, 0) is 30.3 Å². The standard InChI is InChI=1S/C18H18ClF3N2O3S2/c1-3-24(4-2)29(26,27)11-8-9-14(20)12(10-11)17(25)23-15-7-5-6-13(19)16(15)28-18(21)22/h5-10,18H,3-4H2,1-2H3,(H,23,25). The molecular weight excluding hydrogens is 449 g/mol. The minimum absolute atomic E-state index is 0.00793. The molecule has 11 heteroatoms. The number of amides is 1. The summed E-state index contributed by atoms with van der Waals surface area (Å²) in [5.74, 6) is -4.73. The van der Waals surface area contributed by atoms with E-state index in [9.17, 15) is 26.4 Å². The largest absolute Gasteiger partial charge is 0.321 e. The lowest BCUT2D eigenvalue weighted by atomic mass is 10.2. The Balaban J connectivity index is 2.42. The Morgan fingerprint density at radius 1 is 1.21 bits per heavy atom. The summed E-state index contributed by atoms with van der Waals surface area (Å²) in [4.78, 5) is 12.2. The third-order valence-corrected chi connectivity index (χ3v) is 7.27. The molecule has 1 amide bonds. The average Bonchev–Trinajstić information content (AvgIpc) is 2.65. The zero-order valence-electron chi connectivity index (χ0n) is 15.5. The second kappa shape index (κ2) is 9.84. The number of hydrogen-bond donors (Lipinski definition) is 1. The van der Waals surface area contributed by atoms with E-state index >= 15 is 0 Å². The van der Waals surface area contributed by atoms with Gasteiger partial charge in [-0.1, -0.05) is 43.3 Å². The number of anilines is 1. The maximum atomic E-state index is 14.2. The van der Waals surface area contributed by atoms with Gasteiger partial charge in [0.1, 0.15) is 5.82 Å². The number of benzene rings is 2. The van der Waals surface area contributed by atoms with Crippen LogP contribution in [0.3, 0.4) is 0 Å². The molecule has 2 aromatic carbocycles. The molecule has 1 N–H and O–H groups in total. The van der Waals surface area contributed by atoms with Crippen molar-refractivity contribution in [1.82, 2.24) is 4.31 Å². The first kappa shape index (κ1) is 23.5. The van der Waals surface area contributed by atoms with Crippen LogP contribution in [-0.4, -0.2) is 37.5 Å². The first-order valence-electron chi connectivity index (χ1n) is 8.46. The molecule has 0 aliphatic carbocycles. The Kier molecular flexibility index (Phi) is 7.98. The van der Waals surface area contributed by atoms with Crippen LogP contribution in [0.1, 0.15) is 24.2 Å². The number of carbonyl (C=O) groups excluding carboxylic acids is 1. The molecule has 0 saturated heterocycles. The van der Waals surface area contributed by atoms with E-state index in [1.165, 1.54) is 18.2 Å². The molecule has 2 aromatic rings. The highest BCUT2D eigenvalue weighted by Gasteiger charge is 2.25. The van der Waals surface area contributed by atoms with Crippen molar-refractivity contribution in [3.63, 3.8) is 0 Å². The molecule has 0 heterocycles. The van der Waals surface area contributed by atoms with E-state index in [0.29, 0.717) is 0 Å². The fourth-order valence-electron chi connectivity index (χ4n) is 2.56. The van der Waals surface area contributed by atoms with E-state index in [2.05, 4.69) is 5.32 Å². The van der Waals surface area contributed by atoms with Crippen LogP contribution in [0.2, 0.25) is 5.02 Å². The second-order valence-corrected chi connectivity index (χ2v) is 9.03. The summed E-state index contributed by atoms with van der Waals surface area (Å²) in [5.41, 5.74) is -0.574. The zero-order valence-corrected chi connectivity index (χ0v) is 17.8. The van der Waals surface area contributed by atoms with Gasteiger partial charge in [0.05, 0.1) is 26.1 Å². The number of hydrogen-bond acceptors (Lipinski definition) is 4. The van der Waals surface area contributed by atoms with Crippen LogP contribution in [0.4, 0.5) is 18.9 Å². The number of nitrogens with one attached hydrogen (secondary N) is 1. The molecule has 0 aliphatic heterocycles. The number of halogens is 4. The van der Waals surface area contributed by atoms with E-state index in [0.717, 1.165) is 22.5 Å². The van der Waals surface area contributed by atoms with Crippen LogP contribution >= 0.6 is 23.4 Å². The fraction of sp³-hybridized carbons (Fsp3) is 0.278. The number of sulfonamides is 1. The van der Waals surface area contributed by atoms with Crippen LogP contribution in [0, 0.1) is 5.82 Å². The van der Waals surface area contributed by atoms with Crippen LogP contribution in [0.5, 0.6) is 0 Å². The lowest BCUT2D eigenvalue weighted by molar-refractivity contribution is 0.102. The van der Waals surface area contributed by atoms with Crippen molar-refractivity contribution >= 4 is 45.0 Å². The molecule has 0 radical (unpaired) electrons. The smallest absolute Gasteiger partial charge is 0.289 e. The van der Waals surface area contributed by atoms with E-state index in [-0.39, 0.29) is 45.4 Å². The highest BCUT2D eigenvalue weighted by molar-refractivity contribution is 7.99. The summed E-state index contributed by atoms with van der Waals surface area (Å²) in [6.45, 7) is 3.71. The molecule has 158 valence electrons. The average molecular weight is 467 g/mol. The van der Waals surface area contributed by atoms with Crippen molar-refractivity contribution in [3.8, 4) is 0 Å². The SMILES string of the molecule is CCN(CC)S(=O)(=O)c1ccc(F)c(C(=O)Nc2cccc(Cl)c2SC(F)F)c1. The first-order valence-corrected chi connectivity index (χ1v) is 11.2. The van der Waals surface area contributed by atoms with Crippen molar-refractivity contribution < 1.29 is 26.4 Å². The third-order valence-electron chi connectivity index (χ3n) is 3.95. The summed E-state index contributed by atoms with van der Waals surface area (Å²) in [6, 6.07) is 7.01. The Hall–Kier alpha value is -1.75. The predicted molar refractivity (Wildman–Crippen MR) is 108 cm³/mol. The van der Waals surface area contributed by atoms with Gasteiger partial charge >= 0.3 is 0 Å². The number of alkyl halides is 2. The van der Waals surface area contributed by atoms with E-state index in [1.54, 1.807) is 13.8 Å². The van der Waals surface area contributed by atoms with Crippen molar-refractivity contribution in [2.24, 2.45) is 0 Å². The summed E-state index contributed by atoms with van der Waals surface area (Å²) in [5, 5.41) is 2.32. The van der Waals surface area contributed by atoms with Crippen molar-refractivity contribution in [1.29, 1.82) is 0 Å². The van der Waals surface area contributed by atoms with Gasteiger partial charge in [-0.2, -0.15) is 13.1 Å². The normalized spacial score (nSPS) is 11.9. The van der Waals surface area contributed by atoms with Crippen molar-refractivity contribution in [2.45, 2.75) is 29.4 Å². The quantitative estimate of drug-likeness (QED) is 0.551. The van der Waals surface area contributed by atoms with Gasteiger partial charge in [0.15, 0.2) is 0 Å². The molecule has 0 bridgehead atoms. The molecule has 0 spiro atoms. The second-order valence-electron chi connectivity index (χ2n) is 5.68. The highest BCUT2D eigenvalue weighted by Crippen LogP contribution is 2.37. The van der Waals surface area contributed by atoms with Crippen LogP contribution in [0.15, 0.2) is 46.2 Å². The molecule has 0 aromatic heterocycles. The van der Waals surface area contributed by atoms with E-state index in [1.807, 2.05) is 0 Å². The minimum Gasteiger partial charge on any atom is -0.321 e. The first-order chi connectivity index (χ1) is 13.6. The number of thioether (sulfide) groups is 1. The van der Waals surface area contributed by atoms with Gasteiger partial charge in [0, 0.05) is 13.1 Å². The van der Waals surface area contributed by atoms with Crippen molar-refractivity contribution in [3.05, 3.63) is 52.8 Å². The van der Waals surface area contributed by atoms with E-state index in [4.69, 9.17) is 11.6 Å². The lowest BCUT2D eigenvalue weighted by Gasteiger charge is -2.19. The maximum Gasteiger partial charge on any atom is 0.289 e. The number of nitrogens with zero attached hydrogens (tertiary/aromatic N) is 1. The molecule has 0 saturated carbocycles. The van der Waals surface area contributed by atoms with Gasteiger partial charge in [0.25, 0.3) is 11.7 Å². The number of carbonyl (C=O) groups is 1. The van der Waals surface area contributed by atoms with Gasteiger partial charge in [-0.25, -0.2) is 12.8 Å². The summed E-state index contributed by atoms with van der Waals surface area (Å²) < 4.78 is 66.2. The topological polar surface area (TPSA) is 66.5 Å². The van der Waals surface area contributed by atoms with E-state index < -0.39 is 33.1 Å². The Morgan fingerprint density at radius 2 is 1.86 bits per heavy atom. The summed E-state index contributed by atoms with van der Waals surface area (Å²) >= 11 is 6.06. The van der Waals surface area contributed by atoms with Crippen LogP contribution in [-0.2, 0) is 10.0 Å². The summed E-state index contributed by atoms with van der Waals surface area (Å²) in [6.07, 6.45) is 0. The zero-order chi connectivity index (χ0) is 21.8. The summed E-state index contributed by atoms with van der Waals surface area (Å²) in [7, 11) is -3.92. The Bertz CT molecular complexity index is 1000. The molecule has 5 nitrogen and oxygen atoms in total. The molecule has 0 atom stereocenters. The highest BCUT2D eigenvalue weighted by atomic mass is 35.5. The van der Waals surface area contributed by atoms with Crippen LogP contribution < -0.4 is 5.32 Å². The Morgan fingerprint density at radius 3 is 2.45 bits per heavy atom. The van der Waals surface area contributed by atoms with Gasteiger partial charge in [0.2, 0.25) is 10.0 Å². The van der Waals surface area contributed by atoms with Crippen molar-refractivity contribution in [2.75, 3.05) is 18.4 Å². The molecule has 0 aliphatic rings. The predicted octanol–water partition coefficient (Wildman–Crippen LogP) is 5.08. The van der Waals surface area contributed by atoms with Gasteiger partial charge in [-0.3, -0.25) is 4.79 Å². The monoisotopic (exact) mass is 466 g/mol. The molecule has 2 rings (SSSR count). The third kappa shape index (κ3) is 5.44. The van der Waals surface area contributed by atoms with Gasteiger partial charge in [-0.15, -0.1) is 0 Å². The molecule has 29 heavy (non-hydrogen) atoms. The number of rotatable bonds is 8.